The Morgan fingerprint density at radius 2 is 1.65 bits per heavy atom. The van der Waals surface area contributed by atoms with E-state index in [1.54, 1.807) is 18.6 Å². The highest BCUT2D eigenvalue weighted by molar-refractivity contribution is 5.60. The Kier molecular flexibility index (Phi) is 4.20. The number of benzene rings is 1. The van der Waals surface area contributed by atoms with Crippen molar-refractivity contribution < 1.29 is 13.2 Å². The molecule has 5 nitrogen and oxygen atoms in total. The zero-order chi connectivity index (χ0) is 18.1. The highest BCUT2D eigenvalue weighted by Crippen LogP contribution is 2.29. The minimum Gasteiger partial charge on any atom is -0.342 e. The van der Waals surface area contributed by atoms with Crippen molar-refractivity contribution in [3.8, 4) is 22.6 Å². The first-order chi connectivity index (χ1) is 12.5. The summed E-state index contributed by atoms with van der Waals surface area (Å²) in [6.45, 7) is -0.155. The molecule has 2 aromatic heterocycles. The number of imidazole rings is 1. The second kappa shape index (κ2) is 6.53. The normalized spacial score (nSPS) is 15.8. The number of aromatic nitrogens is 4. The van der Waals surface area contributed by atoms with Gasteiger partial charge in [0.1, 0.15) is 5.82 Å². The summed E-state index contributed by atoms with van der Waals surface area (Å²) >= 11 is 0. The third kappa shape index (κ3) is 3.60. The van der Waals surface area contributed by atoms with E-state index in [9.17, 15) is 13.2 Å². The lowest BCUT2D eigenvalue weighted by Crippen LogP contribution is -2.49. The zero-order valence-electron chi connectivity index (χ0n) is 13.7. The molecule has 0 bridgehead atoms. The van der Waals surface area contributed by atoms with Crippen molar-refractivity contribution in [2.45, 2.75) is 12.1 Å². The van der Waals surface area contributed by atoms with Crippen molar-refractivity contribution >= 4 is 0 Å². The van der Waals surface area contributed by atoms with Crippen molar-refractivity contribution in [1.82, 2.24) is 24.8 Å². The fourth-order valence-corrected chi connectivity index (χ4v) is 3.02. The molecule has 0 spiro atoms. The monoisotopic (exact) mass is 359 g/mol. The number of rotatable bonds is 4. The first-order valence-corrected chi connectivity index (χ1v) is 8.20. The number of hydrogen-bond acceptors (Lipinski definition) is 4. The van der Waals surface area contributed by atoms with Gasteiger partial charge in [0.25, 0.3) is 0 Å². The van der Waals surface area contributed by atoms with Gasteiger partial charge >= 0.3 is 6.18 Å². The Morgan fingerprint density at radius 1 is 0.962 bits per heavy atom. The summed E-state index contributed by atoms with van der Waals surface area (Å²) in [7, 11) is 0. The molecule has 0 saturated carbocycles. The molecule has 1 aliphatic heterocycles. The van der Waals surface area contributed by atoms with Gasteiger partial charge < -0.3 is 4.98 Å². The number of H-pyrrole nitrogens is 1. The van der Waals surface area contributed by atoms with Gasteiger partial charge in [-0.25, -0.2) is 15.0 Å². The Labute approximate surface area is 147 Å². The third-order valence-electron chi connectivity index (χ3n) is 4.34. The minimum absolute atomic E-state index is 0.00406. The Hall–Kier alpha value is -2.74. The molecule has 1 N–H and O–H groups in total. The van der Waals surface area contributed by atoms with E-state index < -0.39 is 12.7 Å². The van der Waals surface area contributed by atoms with E-state index in [0.29, 0.717) is 24.7 Å². The molecule has 1 saturated heterocycles. The quantitative estimate of drug-likeness (QED) is 0.775. The molecule has 4 rings (SSSR count). The number of nitrogens with zero attached hydrogens (tertiary/aromatic N) is 4. The molecule has 0 amide bonds. The van der Waals surface area contributed by atoms with Crippen molar-refractivity contribution in [3.05, 3.63) is 54.7 Å². The summed E-state index contributed by atoms with van der Waals surface area (Å²) in [6, 6.07) is 9.66. The van der Waals surface area contributed by atoms with Crippen molar-refractivity contribution in [3.63, 3.8) is 0 Å². The average molecular weight is 359 g/mol. The van der Waals surface area contributed by atoms with Crippen LogP contribution in [0.4, 0.5) is 13.2 Å². The molecule has 0 unspecified atom stereocenters. The smallest absolute Gasteiger partial charge is 0.342 e. The predicted octanol–water partition coefficient (Wildman–Crippen LogP) is 3.50. The van der Waals surface area contributed by atoms with Crippen LogP contribution in [0.5, 0.6) is 0 Å². The summed E-state index contributed by atoms with van der Waals surface area (Å²) in [5.74, 6) is 1.33. The fraction of sp³-hybridized carbons (Fsp3) is 0.278. The van der Waals surface area contributed by atoms with Gasteiger partial charge in [-0.2, -0.15) is 13.2 Å². The van der Waals surface area contributed by atoms with Gasteiger partial charge in [0.15, 0.2) is 5.82 Å². The highest BCUT2D eigenvalue weighted by Gasteiger charge is 2.38. The maximum Gasteiger partial charge on any atom is 0.401 e. The molecule has 3 heterocycles. The molecule has 1 aromatic carbocycles. The number of alkyl halides is 3. The van der Waals surface area contributed by atoms with Crippen LogP contribution in [0.1, 0.15) is 11.7 Å². The number of likely N-dealkylation sites (tertiary alicyclic amines) is 1. The van der Waals surface area contributed by atoms with E-state index in [-0.39, 0.29) is 5.92 Å². The minimum atomic E-state index is -4.16. The van der Waals surface area contributed by atoms with Crippen LogP contribution in [0.15, 0.2) is 48.9 Å². The van der Waals surface area contributed by atoms with Gasteiger partial charge in [-0.15, -0.1) is 0 Å². The van der Waals surface area contributed by atoms with E-state index in [2.05, 4.69) is 19.9 Å². The second-order valence-corrected chi connectivity index (χ2v) is 6.35. The van der Waals surface area contributed by atoms with E-state index in [1.165, 1.54) is 4.90 Å². The Balaban J connectivity index is 1.42. The van der Waals surface area contributed by atoms with E-state index >= 15 is 0 Å². The number of nitrogens with one attached hydrogen (secondary N) is 1. The van der Waals surface area contributed by atoms with Crippen molar-refractivity contribution in [2.75, 3.05) is 19.6 Å². The van der Waals surface area contributed by atoms with E-state index in [1.807, 2.05) is 30.3 Å². The van der Waals surface area contributed by atoms with E-state index in [4.69, 9.17) is 0 Å². The molecule has 1 fully saturated rings. The van der Waals surface area contributed by atoms with Crippen LogP contribution in [-0.4, -0.2) is 50.6 Å². The number of aromatic amines is 1. The summed E-state index contributed by atoms with van der Waals surface area (Å²) < 4.78 is 37.1. The van der Waals surface area contributed by atoms with Crippen LogP contribution in [0, 0.1) is 0 Å². The van der Waals surface area contributed by atoms with Crippen LogP contribution < -0.4 is 0 Å². The first-order valence-electron chi connectivity index (χ1n) is 8.20. The van der Waals surface area contributed by atoms with Crippen LogP contribution in [0.3, 0.4) is 0 Å². The number of halogens is 3. The lowest BCUT2D eigenvalue weighted by Gasteiger charge is -2.38. The van der Waals surface area contributed by atoms with Crippen LogP contribution in [0.25, 0.3) is 22.6 Å². The topological polar surface area (TPSA) is 57.7 Å². The van der Waals surface area contributed by atoms with Crippen LogP contribution in [0.2, 0.25) is 0 Å². The van der Waals surface area contributed by atoms with Crippen LogP contribution >= 0.6 is 0 Å². The molecule has 3 aromatic rings. The largest absolute Gasteiger partial charge is 0.401 e. The van der Waals surface area contributed by atoms with Gasteiger partial charge in [-0.3, -0.25) is 4.90 Å². The Bertz CT molecular complexity index is 868. The van der Waals surface area contributed by atoms with E-state index in [0.717, 1.165) is 16.8 Å². The van der Waals surface area contributed by atoms with Crippen molar-refractivity contribution in [2.24, 2.45) is 0 Å². The van der Waals surface area contributed by atoms with Gasteiger partial charge in [0, 0.05) is 42.5 Å². The number of hydrogen-bond donors (Lipinski definition) is 1. The molecule has 26 heavy (non-hydrogen) atoms. The summed E-state index contributed by atoms with van der Waals surface area (Å²) in [6.07, 6.45) is 0.937. The SMILES string of the molecule is FC(F)(F)CN1CC(c2ncc(-c3cnc(-c4ccccc4)nc3)[nH]2)C1. The van der Waals surface area contributed by atoms with Crippen LogP contribution in [-0.2, 0) is 0 Å². The van der Waals surface area contributed by atoms with Gasteiger partial charge in [0.2, 0.25) is 0 Å². The molecular formula is C18H16F3N5. The van der Waals surface area contributed by atoms with Gasteiger partial charge in [-0.05, 0) is 0 Å². The molecule has 0 aliphatic carbocycles. The van der Waals surface area contributed by atoms with Gasteiger partial charge in [-0.1, -0.05) is 30.3 Å². The zero-order valence-corrected chi connectivity index (χ0v) is 13.7. The second-order valence-electron chi connectivity index (χ2n) is 6.35. The molecule has 0 radical (unpaired) electrons. The van der Waals surface area contributed by atoms with Crippen molar-refractivity contribution in [1.29, 1.82) is 0 Å². The first kappa shape index (κ1) is 16.7. The molecule has 134 valence electrons. The average Bonchev–Trinajstić information content (AvgIpc) is 3.07. The lowest BCUT2D eigenvalue weighted by atomic mass is 9.99. The van der Waals surface area contributed by atoms with Gasteiger partial charge in [0.05, 0.1) is 18.4 Å². The molecule has 8 heteroatoms. The molecule has 0 atom stereocenters. The summed E-state index contributed by atoms with van der Waals surface area (Å²) in [4.78, 5) is 17.6. The highest BCUT2D eigenvalue weighted by atomic mass is 19.4. The lowest BCUT2D eigenvalue weighted by molar-refractivity contribution is -0.155. The molecular weight excluding hydrogens is 343 g/mol. The fourth-order valence-electron chi connectivity index (χ4n) is 3.02. The third-order valence-corrected chi connectivity index (χ3v) is 4.34. The predicted molar refractivity (Wildman–Crippen MR) is 90.3 cm³/mol. The summed E-state index contributed by atoms with van der Waals surface area (Å²) in [5, 5.41) is 0. The standard InChI is InChI=1S/C18H16F3N5/c19-18(20,21)11-26-9-14(10-26)17-24-8-15(25-17)13-6-22-16(23-7-13)12-4-2-1-3-5-12/h1-8,14H,9-11H2,(H,24,25). The summed E-state index contributed by atoms with van der Waals surface area (Å²) in [5.41, 5.74) is 2.48. The Morgan fingerprint density at radius 3 is 2.31 bits per heavy atom. The molecule has 1 aliphatic rings. The maximum atomic E-state index is 12.4. The maximum absolute atomic E-state index is 12.4.